The van der Waals surface area contributed by atoms with Crippen molar-refractivity contribution in [1.29, 1.82) is 5.26 Å². The molecule has 0 atom stereocenters. The molecule has 0 aromatic heterocycles. The number of nitriles is 1. The van der Waals surface area contributed by atoms with Crippen LogP contribution in [0.25, 0.3) is 6.08 Å². The molecule has 0 radical (unpaired) electrons. The van der Waals surface area contributed by atoms with Crippen molar-refractivity contribution >= 4 is 12.0 Å². The fraction of sp³-hybridized carbons (Fsp3) is 0.333. The Bertz CT molecular complexity index is 870. The minimum atomic E-state index is -0.118. The Morgan fingerprint density at radius 1 is 1.00 bits per heavy atom. The van der Waals surface area contributed by atoms with Gasteiger partial charge in [-0.3, -0.25) is 4.79 Å². The van der Waals surface area contributed by atoms with E-state index in [1.807, 2.05) is 24.3 Å². The number of hydrogen-bond acceptors (Lipinski definition) is 5. The summed E-state index contributed by atoms with van der Waals surface area (Å²) in [4.78, 5) is 11.8. The van der Waals surface area contributed by atoms with Crippen LogP contribution in [0.2, 0.25) is 0 Å². The molecule has 0 spiro atoms. The van der Waals surface area contributed by atoms with Crippen molar-refractivity contribution in [3.63, 3.8) is 0 Å². The third-order valence-electron chi connectivity index (χ3n) is 4.56. The third kappa shape index (κ3) is 7.98. The molecule has 2 aromatic rings. The molecule has 0 aliphatic rings. The minimum Gasteiger partial charge on any atom is -0.493 e. The number of hydrogen-bond donors (Lipinski definition) is 2. The lowest BCUT2D eigenvalue weighted by molar-refractivity contribution is -0.116. The number of benzene rings is 2. The third-order valence-corrected chi connectivity index (χ3v) is 4.56. The number of nitrogens with one attached hydrogen (secondary N) is 2. The molecule has 0 bridgehead atoms. The van der Waals surface area contributed by atoms with Crippen LogP contribution in [-0.4, -0.2) is 39.8 Å². The molecule has 0 saturated carbocycles. The van der Waals surface area contributed by atoms with Gasteiger partial charge in [-0.2, -0.15) is 5.26 Å². The largest absolute Gasteiger partial charge is 0.493 e. The standard InChI is InChI=1S/C24H29N3O3/c1-29-22-12-10-20(17-23(22)30-2)5-3-14-26-15-4-16-27-24(28)13-11-19-6-8-21(18-25)9-7-19/h6-13,17,26H,3-5,14-16H2,1-2H3,(H,27,28)/b13-11+. The average Bonchev–Trinajstić information content (AvgIpc) is 2.79. The Labute approximate surface area is 178 Å². The van der Waals surface area contributed by atoms with Gasteiger partial charge in [-0.1, -0.05) is 18.2 Å². The first-order valence-electron chi connectivity index (χ1n) is 10.0. The summed E-state index contributed by atoms with van der Waals surface area (Å²) >= 11 is 0. The Balaban J connectivity index is 1.55. The molecule has 158 valence electrons. The van der Waals surface area contributed by atoms with Gasteiger partial charge in [0.15, 0.2) is 11.5 Å². The number of amides is 1. The SMILES string of the molecule is COc1ccc(CCCNCCCNC(=O)/C=C/c2ccc(C#N)cc2)cc1OC. The number of rotatable bonds is 12. The molecular formula is C24H29N3O3. The maximum absolute atomic E-state index is 11.8. The van der Waals surface area contributed by atoms with Crippen LogP contribution in [0.15, 0.2) is 48.5 Å². The van der Waals surface area contributed by atoms with Crippen LogP contribution in [0, 0.1) is 11.3 Å². The highest BCUT2D eigenvalue weighted by atomic mass is 16.5. The van der Waals surface area contributed by atoms with Crippen LogP contribution in [0.3, 0.4) is 0 Å². The van der Waals surface area contributed by atoms with Crippen LogP contribution >= 0.6 is 0 Å². The molecule has 0 aliphatic heterocycles. The number of nitrogens with zero attached hydrogens (tertiary/aromatic N) is 1. The Hall–Kier alpha value is -3.30. The summed E-state index contributed by atoms with van der Waals surface area (Å²) in [5, 5.41) is 15.0. The molecule has 2 N–H and O–H groups in total. The summed E-state index contributed by atoms with van der Waals surface area (Å²) < 4.78 is 10.6. The van der Waals surface area contributed by atoms with Gasteiger partial charge in [0.1, 0.15) is 0 Å². The highest BCUT2D eigenvalue weighted by Gasteiger charge is 2.04. The van der Waals surface area contributed by atoms with E-state index in [0.29, 0.717) is 12.1 Å². The second kappa shape index (κ2) is 13.0. The predicted molar refractivity (Wildman–Crippen MR) is 119 cm³/mol. The van der Waals surface area contributed by atoms with E-state index in [1.165, 1.54) is 11.6 Å². The van der Waals surface area contributed by atoms with E-state index in [9.17, 15) is 4.79 Å². The maximum atomic E-state index is 11.8. The first kappa shape index (κ1) is 23.0. The van der Waals surface area contributed by atoms with Crippen LogP contribution in [0.5, 0.6) is 11.5 Å². The fourth-order valence-electron chi connectivity index (χ4n) is 2.90. The summed E-state index contributed by atoms with van der Waals surface area (Å²) in [6.45, 7) is 2.39. The van der Waals surface area contributed by atoms with Crippen LogP contribution in [0.4, 0.5) is 0 Å². The number of carbonyl (C=O) groups is 1. The normalized spacial score (nSPS) is 10.6. The van der Waals surface area contributed by atoms with Crippen molar-refractivity contribution in [2.75, 3.05) is 33.9 Å². The lowest BCUT2D eigenvalue weighted by Gasteiger charge is -2.10. The molecule has 0 fully saturated rings. The zero-order valence-corrected chi connectivity index (χ0v) is 17.6. The molecule has 0 saturated heterocycles. The summed E-state index contributed by atoms with van der Waals surface area (Å²) in [5.74, 6) is 1.38. The quantitative estimate of drug-likeness (QED) is 0.417. The topological polar surface area (TPSA) is 83.4 Å². The summed E-state index contributed by atoms with van der Waals surface area (Å²) in [5.41, 5.74) is 2.71. The molecule has 6 nitrogen and oxygen atoms in total. The minimum absolute atomic E-state index is 0.118. The second-order valence-corrected chi connectivity index (χ2v) is 6.75. The van der Waals surface area contributed by atoms with Crippen molar-refractivity contribution in [2.45, 2.75) is 19.3 Å². The molecule has 0 aliphatic carbocycles. The zero-order chi connectivity index (χ0) is 21.6. The number of ether oxygens (including phenoxy) is 2. The molecule has 30 heavy (non-hydrogen) atoms. The van der Waals surface area contributed by atoms with E-state index in [-0.39, 0.29) is 5.91 Å². The van der Waals surface area contributed by atoms with Gasteiger partial charge in [-0.25, -0.2) is 0 Å². The summed E-state index contributed by atoms with van der Waals surface area (Å²) in [7, 11) is 3.28. The lowest BCUT2D eigenvalue weighted by atomic mass is 10.1. The van der Waals surface area contributed by atoms with E-state index < -0.39 is 0 Å². The van der Waals surface area contributed by atoms with Gasteiger partial charge in [0.2, 0.25) is 5.91 Å². The Morgan fingerprint density at radius 2 is 1.73 bits per heavy atom. The first-order chi connectivity index (χ1) is 14.7. The monoisotopic (exact) mass is 407 g/mol. The molecule has 6 heteroatoms. The second-order valence-electron chi connectivity index (χ2n) is 6.75. The van der Waals surface area contributed by atoms with Gasteiger partial charge in [-0.05, 0) is 73.8 Å². The zero-order valence-electron chi connectivity index (χ0n) is 17.6. The van der Waals surface area contributed by atoms with Crippen molar-refractivity contribution in [1.82, 2.24) is 10.6 Å². The number of carbonyl (C=O) groups excluding carboxylic acids is 1. The number of aryl methyl sites for hydroxylation is 1. The molecule has 2 aromatic carbocycles. The van der Waals surface area contributed by atoms with Gasteiger partial charge in [0, 0.05) is 12.6 Å². The predicted octanol–water partition coefficient (Wildman–Crippen LogP) is 3.32. The molecular weight excluding hydrogens is 378 g/mol. The molecule has 0 unspecified atom stereocenters. The highest BCUT2D eigenvalue weighted by Crippen LogP contribution is 2.27. The highest BCUT2D eigenvalue weighted by molar-refractivity contribution is 5.91. The summed E-state index contributed by atoms with van der Waals surface area (Å²) in [6.07, 6.45) is 6.10. The lowest BCUT2D eigenvalue weighted by Crippen LogP contribution is -2.26. The maximum Gasteiger partial charge on any atom is 0.243 e. The average molecular weight is 408 g/mol. The van der Waals surface area contributed by atoms with Crippen molar-refractivity contribution in [3.05, 3.63) is 65.2 Å². The Morgan fingerprint density at radius 3 is 2.43 bits per heavy atom. The van der Waals surface area contributed by atoms with Crippen molar-refractivity contribution in [3.8, 4) is 17.6 Å². The van der Waals surface area contributed by atoms with E-state index in [4.69, 9.17) is 14.7 Å². The van der Waals surface area contributed by atoms with Gasteiger partial charge in [0.05, 0.1) is 25.9 Å². The number of methoxy groups -OCH3 is 2. The Kier molecular flexibility index (Phi) is 9.98. The van der Waals surface area contributed by atoms with Gasteiger partial charge < -0.3 is 20.1 Å². The van der Waals surface area contributed by atoms with Gasteiger partial charge >= 0.3 is 0 Å². The van der Waals surface area contributed by atoms with Crippen molar-refractivity contribution < 1.29 is 14.3 Å². The fourth-order valence-corrected chi connectivity index (χ4v) is 2.90. The van der Waals surface area contributed by atoms with Crippen LogP contribution < -0.4 is 20.1 Å². The first-order valence-corrected chi connectivity index (χ1v) is 10.0. The van der Waals surface area contributed by atoms with Gasteiger partial charge in [0.25, 0.3) is 0 Å². The smallest absolute Gasteiger partial charge is 0.243 e. The van der Waals surface area contributed by atoms with Crippen LogP contribution in [0.1, 0.15) is 29.5 Å². The van der Waals surface area contributed by atoms with Crippen molar-refractivity contribution in [2.24, 2.45) is 0 Å². The molecule has 2 rings (SSSR count). The molecule has 0 heterocycles. The summed E-state index contributed by atoms with van der Waals surface area (Å²) in [6, 6.07) is 15.2. The van der Waals surface area contributed by atoms with E-state index in [2.05, 4.69) is 22.8 Å². The van der Waals surface area contributed by atoms with E-state index in [1.54, 1.807) is 32.4 Å². The van der Waals surface area contributed by atoms with Crippen LogP contribution in [-0.2, 0) is 11.2 Å². The molecule has 1 amide bonds. The van der Waals surface area contributed by atoms with E-state index in [0.717, 1.165) is 49.4 Å². The van der Waals surface area contributed by atoms with Gasteiger partial charge in [-0.15, -0.1) is 0 Å². The van der Waals surface area contributed by atoms with E-state index >= 15 is 0 Å².